The molecule has 0 aromatic rings. The third-order valence-electron chi connectivity index (χ3n) is 7.20. The van der Waals surface area contributed by atoms with Gasteiger partial charge in [0.1, 0.15) is 0 Å². The lowest BCUT2D eigenvalue weighted by Crippen LogP contribution is -2.60. The first-order valence-corrected chi connectivity index (χ1v) is 28.5. The molecule has 1 N–H and O–H groups in total. The quantitative estimate of drug-likeness (QED) is 0.114. The van der Waals surface area contributed by atoms with E-state index in [0.717, 1.165) is 25.6 Å². The minimum Gasteiger partial charge on any atom is -0.417 e. The number of hydrogen-bond donors (Lipinski definition) is 1. The van der Waals surface area contributed by atoms with Gasteiger partial charge in [0.25, 0.3) is 0 Å². The Balaban J connectivity index is 2.29. The van der Waals surface area contributed by atoms with Crippen LogP contribution in [0.4, 0.5) is 0 Å². The number of nitrogens with one attached hydrogen (secondary N) is 1. The Morgan fingerprint density at radius 2 is 1.15 bits per heavy atom. The van der Waals surface area contributed by atoms with Crippen molar-refractivity contribution in [2.45, 2.75) is 167 Å². The van der Waals surface area contributed by atoms with Crippen LogP contribution >= 0.6 is 0 Å². The molecule has 0 atom stereocenters. The van der Waals surface area contributed by atoms with Crippen LogP contribution in [0.1, 0.15) is 90.4 Å². The van der Waals surface area contributed by atoms with Gasteiger partial charge in [-0.05, 0) is 97.4 Å². The van der Waals surface area contributed by atoms with Crippen molar-refractivity contribution in [3.05, 3.63) is 0 Å². The first-order valence-electron chi connectivity index (χ1n) is 16.3. The molecule has 230 valence electrons. The predicted octanol–water partition coefficient (Wildman–Crippen LogP) is 8.58. The highest BCUT2D eigenvalue weighted by molar-refractivity contribution is 6.90. The molecule has 0 bridgehead atoms. The van der Waals surface area contributed by atoms with E-state index in [4.69, 9.17) is 17.3 Å². The summed E-state index contributed by atoms with van der Waals surface area (Å²) in [7, 11) is -8.42. The minimum absolute atomic E-state index is 0.475. The van der Waals surface area contributed by atoms with Crippen LogP contribution in [0.3, 0.4) is 0 Å². The van der Waals surface area contributed by atoms with Crippen LogP contribution in [-0.2, 0) is 12.3 Å². The van der Waals surface area contributed by atoms with Gasteiger partial charge in [-0.15, -0.1) is 0 Å². The van der Waals surface area contributed by atoms with Crippen molar-refractivity contribution in [2.24, 2.45) is 4.99 Å². The van der Waals surface area contributed by atoms with Crippen LogP contribution in [0, 0.1) is 0 Å². The molecule has 0 aliphatic heterocycles. The second kappa shape index (κ2) is 16.0. The van der Waals surface area contributed by atoms with Crippen LogP contribution in [0.25, 0.3) is 0 Å². The number of guanidine groups is 1. The molecule has 10 heteroatoms. The molecule has 0 radical (unpaired) electrons. The third-order valence-corrected chi connectivity index (χ3v) is 19.2. The van der Waals surface area contributed by atoms with Gasteiger partial charge < -0.3 is 22.6 Å². The van der Waals surface area contributed by atoms with E-state index in [1.54, 1.807) is 0 Å². The number of aliphatic imine (C=N–C) groups is 1. The van der Waals surface area contributed by atoms with Crippen molar-refractivity contribution in [3.63, 3.8) is 0 Å². The second-order valence-corrected chi connectivity index (χ2v) is 32.0. The Morgan fingerprint density at radius 3 is 1.62 bits per heavy atom. The van der Waals surface area contributed by atoms with Gasteiger partial charge in [0, 0.05) is 25.2 Å². The molecule has 0 aromatic heterocycles. The Bertz CT molecular complexity index is 682. The summed E-state index contributed by atoms with van der Waals surface area (Å²) in [5, 5.41) is 3.99. The Labute approximate surface area is 247 Å². The van der Waals surface area contributed by atoms with E-state index >= 15 is 0 Å². The fourth-order valence-electron chi connectivity index (χ4n) is 5.80. The lowest BCUT2D eigenvalue weighted by molar-refractivity contribution is 0.247. The van der Waals surface area contributed by atoms with Gasteiger partial charge in [-0.25, -0.2) is 4.99 Å². The molecular formula is C29H65N3O3Si4. The number of rotatable bonds is 15. The van der Waals surface area contributed by atoms with Crippen molar-refractivity contribution in [1.29, 1.82) is 0 Å². The smallest absolute Gasteiger partial charge is 0.417 e. The zero-order valence-electron chi connectivity index (χ0n) is 27.6. The van der Waals surface area contributed by atoms with Gasteiger partial charge in [0.2, 0.25) is 0 Å². The zero-order valence-corrected chi connectivity index (χ0v) is 31.6. The molecule has 2 rings (SSSR count). The first kappa shape index (κ1) is 35.2. The van der Waals surface area contributed by atoms with E-state index in [1.807, 2.05) is 0 Å². The summed E-state index contributed by atoms with van der Waals surface area (Å²) in [4.78, 5) is 8.03. The molecule has 0 saturated heterocycles. The first-order chi connectivity index (χ1) is 18.1. The average molecular weight is 616 g/mol. The molecule has 2 aliphatic rings. The third kappa shape index (κ3) is 15.2. The van der Waals surface area contributed by atoms with Crippen molar-refractivity contribution in [1.82, 2.24) is 10.2 Å². The van der Waals surface area contributed by atoms with Gasteiger partial charge in [-0.3, -0.25) is 0 Å². The fourth-order valence-corrected chi connectivity index (χ4v) is 20.4. The molecule has 0 heterocycles. The van der Waals surface area contributed by atoms with Crippen molar-refractivity contribution < 1.29 is 12.3 Å². The monoisotopic (exact) mass is 615 g/mol. The van der Waals surface area contributed by atoms with Crippen LogP contribution in [0.15, 0.2) is 4.99 Å². The molecular weight excluding hydrogens is 551 g/mol. The van der Waals surface area contributed by atoms with E-state index < -0.39 is 33.8 Å². The maximum atomic E-state index is 6.98. The Morgan fingerprint density at radius 1 is 0.692 bits per heavy atom. The van der Waals surface area contributed by atoms with E-state index in [2.05, 4.69) is 76.1 Å². The Kier molecular flexibility index (Phi) is 14.5. The number of hydrogen-bond acceptors (Lipinski definition) is 4. The van der Waals surface area contributed by atoms with E-state index in [0.29, 0.717) is 12.1 Å². The molecule has 2 fully saturated rings. The highest BCUT2D eigenvalue weighted by Gasteiger charge is 2.49. The zero-order chi connectivity index (χ0) is 29.2. The Hall–Kier alpha value is 0.0175. The fraction of sp³-hybridized carbons (Fsp3) is 0.966. The normalized spacial score (nSPS) is 19.4. The van der Waals surface area contributed by atoms with Crippen LogP contribution in [0.2, 0.25) is 65.0 Å². The van der Waals surface area contributed by atoms with Crippen molar-refractivity contribution in [2.75, 3.05) is 13.1 Å². The predicted molar refractivity (Wildman–Crippen MR) is 179 cm³/mol. The topological polar surface area (TPSA) is 55.3 Å². The summed E-state index contributed by atoms with van der Waals surface area (Å²) in [6.45, 7) is 24.9. The summed E-state index contributed by atoms with van der Waals surface area (Å²) in [6, 6.07) is 1.94. The highest BCUT2D eigenvalue weighted by atomic mass is 28.5. The van der Waals surface area contributed by atoms with E-state index in [1.165, 1.54) is 83.0 Å². The molecule has 2 saturated carbocycles. The molecule has 0 unspecified atom stereocenters. The van der Waals surface area contributed by atoms with Gasteiger partial charge in [0.15, 0.2) is 30.9 Å². The molecule has 39 heavy (non-hydrogen) atoms. The van der Waals surface area contributed by atoms with Gasteiger partial charge in [-0.1, -0.05) is 51.9 Å². The maximum Gasteiger partial charge on any atom is 0.469 e. The van der Waals surface area contributed by atoms with Crippen LogP contribution < -0.4 is 5.32 Å². The summed E-state index contributed by atoms with van der Waals surface area (Å²) in [5.74, 6) is 1.18. The van der Waals surface area contributed by atoms with Crippen LogP contribution in [0.5, 0.6) is 0 Å². The van der Waals surface area contributed by atoms with Gasteiger partial charge in [-0.2, -0.15) is 0 Å². The maximum absolute atomic E-state index is 6.98. The van der Waals surface area contributed by atoms with Gasteiger partial charge in [0.05, 0.1) is 6.04 Å². The lowest BCUT2D eigenvalue weighted by Gasteiger charge is -2.43. The lowest BCUT2D eigenvalue weighted by atomic mass is 9.95. The summed E-state index contributed by atoms with van der Waals surface area (Å²) >= 11 is 0. The van der Waals surface area contributed by atoms with Gasteiger partial charge >= 0.3 is 8.80 Å². The largest absolute Gasteiger partial charge is 0.469 e. The minimum atomic E-state index is -2.82. The van der Waals surface area contributed by atoms with E-state index in [9.17, 15) is 0 Å². The second-order valence-electron chi connectivity index (χ2n) is 15.0. The van der Waals surface area contributed by atoms with Crippen LogP contribution in [-0.4, -0.2) is 69.8 Å². The molecule has 6 nitrogen and oxygen atoms in total. The van der Waals surface area contributed by atoms with Crippen molar-refractivity contribution in [3.8, 4) is 0 Å². The summed E-state index contributed by atoms with van der Waals surface area (Å²) in [5.41, 5.74) is 0. The molecule has 0 spiro atoms. The molecule has 0 amide bonds. The van der Waals surface area contributed by atoms with E-state index in [-0.39, 0.29) is 0 Å². The molecule has 0 aromatic carbocycles. The number of unbranched alkanes of at least 4 members (excludes halogenated alkanes) is 1. The summed E-state index contributed by atoms with van der Waals surface area (Å²) in [6.07, 6.45) is 16.5. The SMILES string of the molecule is CCCCN(CCC[Si](O[Si](C)(C)C)(O[Si](C)(C)C)O[Si](C)(C)C)C(=NC1CCCCC1)NC1CCCCC1. The number of nitrogens with zero attached hydrogens (tertiary/aromatic N) is 2. The average Bonchev–Trinajstić information content (AvgIpc) is 2.79. The molecule has 2 aliphatic carbocycles. The van der Waals surface area contributed by atoms with Crippen molar-refractivity contribution >= 4 is 39.7 Å². The highest BCUT2D eigenvalue weighted by Crippen LogP contribution is 2.30. The summed E-state index contributed by atoms with van der Waals surface area (Å²) < 4.78 is 20.9. The standard InChI is InChI=1S/C29H65N3O3Si4/c1-11-12-24-32(29(30-27-20-15-13-16-21-27)31-28-22-17-14-18-23-28)25-19-26-39(33-36(2,3)4,34-37(5,6)7)35-38(8,9)10/h27-28H,11-26H2,1-10H3,(H,30,31).